The van der Waals surface area contributed by atoms with Crippen molar-refractivity contribution >= 4 is 39.3 Å². The molecule has 3 amide bonds. The van der Waals surface area contributed by atoms with Gasteiger partial charge in [0.25, 0.3) is 0 Å². The highest BCUT2D eigenvalue weighted by Gasteiger charge is 2.61. The molecule has 22 heavy (non-hydrogen) atoms. The summed E-state index contributed by atoms with van der Waals surface area (Å²) in [6.07, 6.45) is 3.66. The average molecular weight is 361 g/mol. The van der Waals surface area contributed by atoms with Gasteiger partial charge < -0.3 is 4.90 Å². The van der Waals surface area contributed by atoms with Crippen LogP contribution in [0.15, 0.2) is 40.9 Å². The predicted octanol–water partition coefficient (Wildman–Crippen LogP) is 1.58. The number of benzene rings is 1. The summed E-state index contributed by atoms with van der Waals surface area (Å²) in [5.74, 6) is -2.10. The summed E-state index contributed by atoms with van der Waals surface area (Å²) in [7, 11) is 1.69. The number of amides is 3. The summed E-state index contributed by atoms with van der Waals surface area (Å²) in [6, 6.07) is 6.74. The van der Waals surface area contributed by atoms with Gasteiger partial charge in [-0.3, -0.25) is 14.4 Å². The molecule has 112 valence electrons. The zero-order chi connectivity index (χ0) is 15.6. The molecule has 3 heterocycles. The van der Waals surface area contributed by atoms with Gasteiger partial charge in [0.1, 0.15) is 0 Å². The van der Waals surface area contributed by atoms with Crippen LogP contribution in [0.2, 0.25) is 0 Å². The van der Waals surface area contributed by atoms with E-state index in [0.717, 1.165) is 4.47 Å². The Morgan fingerprint density at radius 3 is 2.23 bits per heavy atom. The van der Waals surface area contributed by atoms with Gasteiger partial charge in [-0.05, 0) is 24.3 Å². The van der Waals surface area contributed by atoms with Gasteiger partial charge in [-0.2, -0.15) is 0 Å². The van der Waals surface area contributed by atoms with Gasteiger partial charge in [0.2, 0.25) is 17.7 Å². The predicted molar refractivity (Wildman–Crippen MR) is 82.8 cm³/mol. The molecule has 2 saturated heterocycles. The molecule has 0 spiro atoms. The Bertz CT molecular complexity index is 727. The second kappa shape index (κ2) is 4.52. The van der Waals surface area contributed by atoms with Crippen molar-refractivity contribution in [3.05, 3.63) is 40.9 Å². The summed E-state index contributed by atoms with van der Waals surface area (Å²) in [6.45, 7) is 0. The lowest BCUT2D eigenvalue weighted by Crippen LogP contribution is -2.57. The van der Waals surface area contributed by atoms with Crippen molar-refractivity contribution in [1.29, 1.82) is 0 Å². The van der Waals surface area contributed by atoms with Crippen LogP contribution in [0, 0.1) is 17.8 Å². The fourth-order valence-electron chi connectivity index (χ4n) is 3.76. The van der Waals surface area contributed by atoms with Gasteiger partial charge in [0, 0.05) is 11.5 Å². The number of likely N-dealkylation sites (N-methyl/N-ethyl adjacent to an activating group) is 1. The minimum Gasteiger partial charge on any atom is -0.338 e. The van der Waals surface area contributed by atoms with Gasteiger partial charge in [0.05, 0.1) is 29.5 Å². The SMILES string of the molecule is CN1C(=O)[C@@H]2C=C[C@H]1C1C(=O)N(c3ccc(Br)cc3)C(=O)C12. The second-order valence-corrected chi connectivity index (χ2v) is 6.81. The van der Waals surface area contributed by atoms with Crippen LogP contribution in [0.3, 0.4) is 0 Å². The standard InChI is InChI=1S/C16H13BrN2O3/c1-18-11-7-6-10(14(18)20)12-13(11)16(22)19(15(12)21)9-4-2-8(17)3-5-9/h2-7,10-13H,1H3/t10-,11+,12?,13?/m1/s1. The average Bonchev–Trinajstić information content (AvgIpc) is 2.78. The summed E-state index contributed by atoms with van der Waals surface area (Å²) in [5.41, 5.74) is 0.558. The third-order valence-corrected chi connectivity index (χ3v) is 5.36. The van der Waals surface area contributed by atoms with E-state index in [4.69, 9.17) is 0 Å². The highest BCUT2D eigenvalue weighted by atomic mass is 79.9. The molecule has 1 aromatic carbocycles. The van der Waals surface area contributed by atoms with Crippen molar-refractivity contribution in [3.8, 4) is 0 Å². The summed E-state index contributed by atoms with van der Waals surface area (Å²) in [5, 5.41) is 0. The number of hydrogen-bond donors (Lipinski definition) is 0. The molecule has 5 nitrogen and oxygen atoms in total. The topological polar surface area (TPSA) is 57.7 Å². The maximum Gasteiger partial charge on any atom is 0.240 e. The molecule has 1 aromatic rings. The zero-order valence-corrected chi connectivity index (χ0v) is 13.4. The normalized spacial score (nSPS) is 32.9. The van der Waals surface area contributed by atoms with Crippen LogP contribution in [0.4, 0.5) is 5.69 Å². The first-order valence-corrected chi connectivity index (χ1v) is 7.88. The largest absolute Gasteiger partial charge is 0.338 e. The Kier molecular flexibility index (Phi) is 2.81. The number of anilines is 1. The first-order valence-electron chi connectivity index (χ1n) is 7.09. The minimum absolute atomic E-state index is 0.0763. The fraction of sp³-hybridized carbons (Fsp3) is 0.312. The Morgan fingerprint density at radius 2 is 1.55 bits per heavy atom. The number of piperidine rings is 1. The number of carbonyl (C=O) groups is 3. The van der Waals surface area contributed by atoms with E-state index >= 15 is 0 Å². The molecule has 3 aliphatic heterocycles. The van der Waals surface area contributed by atoms with E-state index in [-0.39, 0.29) is 23.8 Å². The van der Waals surface area contributed by atoms with E-state index in [0.29, 0.717) is 5.69 Å². The molecule has 0 aromatic heterocycles. The summed E-state index contributed by atoms with van der Waals surface area (Å²) >= 11 is 3.34. The van der Waals surface area contributed by atoms with Crippen molar-refractivity contribution in [1.82, 2.24) is 4.90 Å². The summed E-state index contributed by atoms with van der Waals surface area (Å²) in [4.78, 5) is 40.6. The molecule has 5 rings (SSSR count). The molecular formula is C16H13BrN2O3. The van der Waals surface area contributed by atoms with Gasteiger partial charge in [0.15, 0.2) is 0 Å². The van der Waals surface area contributed by atoms with Crippen molar-refractivity contribution < 1.29 is 14.4 Å². The van der Waals surface area contributed by atoms with Crippen molar-refractivity contribution in [3.63, 3.8) is 0 Å². The Morgan fingerprint density at radius 1 is 0.909 bits per heavy atom. The van der Waals surface area contributed by atoms with Gasteiger partial charge in [-0.1, -0.05) is 28.1 Å². The van der Waals surface area contributed by atoms with Crippen LogP contribution in [-0.2, 0) is 14.4 Å². The minimum atomic E-state index is -0.560. The first kappa shape index (κ1) is 13.7. The molecule has 4 atom stereocenters. The number of carbonyl (C=O) groups excluding carboxylic acids is 3. The Hall–Kier alpha value is -1.95. The molecule has 1 aliphatic carbocycles. The lowest BCUT2D eigenvalue weighted by molar-refractivity contribution is -0.148. The summed E-state index contributed by atoms with van der Waals surface area (Å²) < 4.78 is 0.879. The maximum atomic E-state index is 12.8. The first-order chi connectivity index (χ1) is 10.5. The molecule has 0 saturated carbocycles. The third-order valence-electron chi connectivity index (χ3n) is 4.83. The van der Waals surface area contributed by atoms with E-state index < -0.39 is 17.8 Å². The fourth-order valence-corrected chi connectivity index (χ4v) is 4.02. The van der Waals surface area contributed by atoms with Crippen molar-refractivity contribution in [2.24, 2.45) is 17.8 Å². The molecule has 2 bridgehead atoms. The van der Waals surface area contributed by atoms with Crippen LogP contribution in [0.1, 0.15) is 0 Å². The number of fused-ring (bicyclic) bond motifs is 1. The van der Waals surface area contributed by atoms with Gasteiger partial charge in [-0.25, -0.2) is 4.90 Å². The molecule has 4 aliphatic rings. The van der Waals surface area contributed by atoms with E-state index in [1.54, 1.807) is 42.3 Å². The molecule has 2 unspecified atom stereocenters. The van der Waals surface area contributed by atoms with E-state index in [9.17, 15) is 14.4 Å². The number of nitrogens with zero attached hydrogens (tertiary/aromatic N) is 2. The van der Waals surface area contributed by atoms with Crippen LogP contribution in [0.5, 0.6) is 0 Å². The van der Waals surface area contributed by atoms with E-state index in [1.165, 1.54) is 4.90 Å². The molecule has 0 radical (unpaired) electrons. The van der Waals surface area contributed by atoms with Crippen LogP contribution in [0.25, 0.3) is 0 Å². The van der Waals surface area contributed by atoms with Crippen LogP contribution >= 0.6 is 15.9 Å². The monoisotopic (exact) mass is 360 g/mol. The van der Waals surface area contributed by atoms with E-state index in [1.807, 2.05) is 6.08 Å². The van der Waals surface area contributed by atoms with Crippen LogP contribution < -0.4 is 4.90 Å². The lowest BCUT2D eigenvalue weighted by atomic mass is 9.70. The highest BCUT2D eigenvalue weighted by Crippen LogP contribution is 2.46. The quantitative estimate of drug-likeness (QED) is 0.564. The molecular weight excluding hydrogens is 348 g/mol. The lowest BCUT2D eigenvalue weighted by Gasteiger charge is -2.44. The molecule has 0 N–H and O–H groups in total. The molecule has 2 fully saturated rings. The Labute approximate surface area is 135 Å². The van der Waals surface area contributed by atoms with Gasteiger partial charge >= 0.3 is 0 Å². The maximum absolute atomic E-state index is 12.8. The highest BCUT2D eigenvalue weighted by molar-refractivity contribution is 9.10. The number of halogens is 1. The third kappa shape index (κ3) is 1.61. The molecule has 6 heteroatoms. The zero-order valence-electron chi connectivity index (χ0n) is 11.8. The smallest absolute Gasteiger partial charge is 0.240 e. The second-order valence-electron chi connectivity index (χ2n) is 5.89. The van der Waals surface area contributed by atoms with Gasteiger partial charge in [-0.15, -0.1) is 0 Å². The number of rotatable bonds is 1. The number of imide groups is 1. The van der Waals surface area contributed by atoms with Crippen LogP contribution in [-0.4, -0.2) is 35.7 Å². The van der Waals surface area contributed by atoms with Crippen molar-refractivity contribution in [2.45, 2.75) is 6.04 Å². The number of hydrogen-bond acceptors (Lipinski definition) is 3. The Balaban J connectivity index is 1.78. The van der Waals surface area contributed by atoms with E-state index in [2.05, 4.69) is 15.9 Å². The van der Waals surface area contributed by atoms with Crippen molar-refractivity contribution in [2.75, 3.05) is 11.9 Å².